The molecule has 2 unspecified atom stereocenters. The number of aryl methyl sites for hydroxylation is 1. The van der Waals surface area contributed by atoms with Crippen LogP contribution in [0.1, 0.15) is 49.8 Å². The fraction of sp³-hybridized carbons (Fsp3) is 0.619. The molecule has 6 nitrogen and oxygen atoms in total. The molecule has 3 rings (SSSR count). The van der Waals surface area contributed by atoms with Crippen LogP contribution in [0, 0.1) is 12.8 Å². The molecule has 1 saturated heterocycles. The van der Waals surface area contributed by atoms with Gasteiger partial charge in [0.25, 0.3) is 0 Å². The van der Waals surface area contributed by atoms with Crippen molar-refractivity contribution in [3.8, 4) is 0 Å². The maximum atomic E-state index is 11.9. The maximum absolute atomic E-state index is 11.9. The molecule has 0 bridgehead atoms. The third kappa shape index (κ3) is 6.24. The van der Waals surface area contributed by atoms with Crippen LogP contribution in [0.15, 0.2) is 29.3 Å². The molecule has 2 fully saturated rings. The van der Waals surface area contributed by atoms with Crippen molar-refractivity contribution in [3.05, 3.63) is 35.4 Å². The predicted octanol–water partition coefficient (Wildman–Crippen LogP) is 2.30. The van der Waals surface area contributed by atoms with Crippen molar-refractivity contribution in [2.45, 2.75) is 51.7 Å². The normalized spacial score (nSPS) is 23.0. The van der Waals surface area contributed by atoms with E-state index in [1.54, 1.807) is 0 Å². The van der Waals surface area contributed by atoms with E-state index in [2.05, 4.69) is 52.1 Å². The molecule has 0 radical (unpaired) electrons. The molecule has 1 saturated carbocycles. The number of carbonyl (C=O) groups excluding carboxylic acids is 1. The summed E-state index contributed by atoms with van der Waals surface area (Å²) in [7, 11) is 0. The summed E-state index contributed by atoms with van der Waals surface area (Å²) in [5.74, 6) is 1.07. The maximum Gasteiger partial charge on any atom is 0.242 e. The molecule has 148 valence electrons. The second-order valence-corrected chi connectivity index (χ2v) is 7.52. The van der Waals surface area contributed by atoms with Gasteiger partial charge in [0.1, 0.15) is 6.54 Å². The van der Waals surface area contributed by atoms with Crippen LogP contribution in [0.4, 0.5) is 0 Å². The minimum atomic E-state index is -0.00626. The van der Waals surface area contributed by atoms with Gasteiger partial charge in [0.05, 0.1) is 6.10 Å². The molecule has 1 aromatic carbocycles. The van der Waals surface area contributed by atoms with Crippen LogP contribution in [0.3, 0.4) is 0 Å². The molecule has 2 atom stereocenters. The zero-order valence-electron chi connectivity index (χ0n) is 16.5. The zero-order chi connectivity index (χ0) is 19.1. The average molecular weight is 373 g/mol. The molecule has 6 heteroatoms. The van der Waals surface area contributed by atoms with Crippen molar-refractivity contribution in [2.24, 2.45) is 10.9 Å². The Kier molecular flexibility index (Phi) is 7.10. The number of carbonyl (C=O) groups is 1. The van der Waals surface area contributed by atoms with Crippen molar-refractivity contribution in [1.82, 2.24) is 16.0 Å². The Morgan fingerprint density at radius 3 is 2.67 bits per heavy atom. The summed E-state index contributed by atoms with van der Waals surface area (Å²) in [4.78, 5) is 16.3. The Balaban J connectivity index is 1.56. The van der Waals surface area contributed by atoms with Crippen LogP contribution >= 0.6 is 0 Å². The van der Waals surface area contributed by atoms with E-state index >= 15 is 0 Å². The first kappa shape index (κ1) is 19.7. The molecule has 1 amide bonds. The SMILES string of the molecule is CCNC(=NCC(=O)NC1CC1)NCC1CCCOC1c1ccc(C)cc1. The first-order valence-electron chi connectivity index (χ1n) is 10.2. The van der Waals surface area contributed by atoms with Crippen LogP contribution in [-0.2, 0) is 9.53 Å². The van der Waals surface area contributed by atoms with Crippen LogP contribution in [0.2, 0.25) is 0 Å². The quantitative estimate of drug-likeness (QED) is 0.507. The molecular weight excluding hydrogens is 340 g/mol. The third-order valence-electron chi connectivity index (χ3n) is 5.05. The number of amides is 1. The smallest absolute Gasteiger partial charge is 0.242 e. The van der Waals surface area contributed by atoms with E-state index in [1.165, 1.54) is 11.1 Å². The summed E-state index contributed by atoms with van der Waals surface area (Å²) < 4.78 is 6.09. The van der Waals surface area contributed by atoms with Gasteiger partial charge in [-0.05, 0) is 45.1 Å². The van der Waals surface area contributed by atoms with Gasteiger partial charge in [0.15, 0.2) is 5.96 Å². The van der Waals surface area contributed by atoms with Crippen molar-refractivity contribution in [1.29, 1.82) is 0 Å². The molecule has 1 aromatic rings. The first-order valence-corrected chi connectivity index (χ1v) is 10.2. The number of hydrogen-bond acceptors (Lipinski definition) is 3. The van der Waals surface area contributed by atoms with Gasteiger partial charge < -0.3 is 20.7 Å². The van der Waals surface area contributed by atoms with Gasteiger partial charge >= 0.3 is 0 Å². The second kappa shape index (κ2) is 9.74. The molecule has 1 aliphatic carbocycles. The van der Waals surface area contributed by atoms with Crippen molar-refractivity contribution in [3.63, 3.8) is 0 Å². The summed E-state index contributed by atoms with van der Waals surface area (Å²) in [6, 6.07) is 8.99. The minimum absolute atomic E-state index is 0.00626. The number of nitrogens with zero attached hydrogens (tertiary/aromatic N) is 1. The van der Waals surface area contributed by atoms with E-state index in [0.29, 0.717) is 17.9 Å². The van der Waals surface area contributed by atoms with E-state index in [-0.39, 0.29) is 18.6 Å². The Bertz CT molecular complexity index is 640. The molecule has 0 spiro atoms. The fourth-order valence-electron chi connectivity index (χ4n) is 3.40. The topological polar surface area (TPSA) is 74.8 Å². The minimum Gasteiger partial charge on any atom is -0.373 e. The van der Waals surface area contributed by atoms with Crippen LogP contribution in [0.25, 0.3) is 0 Å². The number of hydrogen-bond donors (Lipinski definition) is 3. The molecule has 1 heterocycles. The number of guanidine groups is 1. The molecule has 1 aliphatic heterocycles. The molecule has 3 N–H and O–H groups in total. The van der Waals surface area contributed by atoms with Crippen LogP contribution < -0.4 is 16.0 Å². The Morgan fingerprint density at radius 2 is 1.96 bits per heavy atom. The summed E-state index contributed by atoms with van der Waals surface area (Å²) in [5.41, 5.74) is 2.49. The van der Waals surface area contributed by atoms with Gasteiger partial charge in [0, 0.05) is 31.7 Å². The van der Waals surface area contributed by atoms with E-state index in [0.717, 1.165) is 45.4 Å². The standard InChI is InChI=1S/C21H32N4O2/c1-3-22-21(24-14-19(26)25-18-10-11-18)23-13-17-5-4-12-27-20(17)16-8-6-15(2)7-9-16/h6-9,17-18,20H,3-5,10-14H2,1-2H3,(H,25,26)(H2,22,23,24). The lowest BCUT2D eigenvalue weighted by atomic mass is 9.89. The van der Waals surface area contributed by atoms with Gasteiger partial charge in [-0.3, -0.25) is 4.79 Å². The predicted molar refractivity (Wildman–Crippen MR) is 108 cm³/mol. The van der Waals surface area contributed by atoms with Crippen molar-refractivity contribution in [2.75, 3.05) is 26.2 Å². The van der Waals surface area contributed by atoms with Gasteiger partial charge in [-0.25, -0.2) is 4.99 Å². The number of benzene rings is 1. The lowest BCUT2D eigenvalue weighted by Crippen LogP contribution is -2.42. The second-order valence-electron chi connectivity index (χ2n) is 7.52. The highest BCUT2D eigenvalue weighted by molar-refractivity contribution is 5.85. The van der Waals surface area contributed by atoms with Crippen LogP contribution in [-0.4, -0.2) is 44.1 Å². The Morgan fingerprint density at radius 1 is 1.19 bits per heavy atom. The summed E-state index contributed by atoms with van der Waals surface area (Å²) in [6.45, 7) is 6.63. The highest BCUT2D eigenvalue weighted by Crippen LogP contribution is 2.33. The monoisotopic (exact) mass is 372 g/mol. The van der Waals surface area contributed by atoms with Crippen molar-refractivity contribution < 1.29 is 9.53 Å². The number of aliphatic imine (C=N–C) groups is 1. The average Bonchev–Trinajstić information content (AvgIpc) is 3.49. The van der Waals surface area contributed by atoms with Gasteiger partial charge in [-0.2, -0.15) is 0 Å². The molecule has 0 aromatic heterocycles. The van der Waals surface area contributed by atoms with E-state index < -0.39 is 0 Å². The lowest BCUT2D eigenvalue weighted by molar-refractivity contribution is -0.119. The Hall–Kier alpha value is -2.08. The summed E-state index contributed by atoms with van der Waals surface area (Å²) in [6.07, 6.45) is 4.48. The van der Waals surface area contributed by atoms with Gasteiger partial charge in [-0.15, -0.1) is 0 Å². The molecule has 2 aliphatic rings. The summed E-state index contributed by atoms with van der Waals surface area (Å²) in [5, 5.41) is 9.60. The van der Waals surface area contributed by atoms with Crippen LogP contribution in [0.5, 0.6) is 0 Å². The number of rotatable bonds is 7. The largest absolute Gasteiger partial charge is 0.373 e. The van der Waals surface area contributed by atoms with E-state index in [1.807, 2.05) is 6.92 Å². The number of ether oxygens (including phenoxy) is 1. The fourth-order valence-corrected chi connectivity index (χ4v) is 3.40. The third-order valence-corrected chi connectivity index (χ3v) is 5.05. The molecular formula is C21H32N4O2. The first-order chi connectivity index (χ1) is 13.2. The zero-order valence-corrected chi connectivity index (χ0v) is 16.5. The van der Waals surface area contributed by atoms with E-state index in [4.69, 9.17) is 4.74 Å². The Labute approximate surface area is 162 Å². The number of nitrogens with one attached hydrogen (secondary N) is 3. The highest BCUT2D eigenvalue weighted by Gasteiger charge is 2.27. The van der Waals surface area contributed by atoms with Crippen molar-refractivity contribution >= 4 is 11.9 Å². The van der Waals surface area contributed by atoms with E-state index in [9.17, 15) is 4.79 Å². The summed E-state index contributed by atoms with van der Waals surface area (Å²) >= 11 is 0. The molecule has 27 heavy (non-hydrogen) atoms. The van der Waals surface area contributed by atoms with Gasteiger partial charge in [0.2, 0.25) is 5.91 Å². The lowest BCUT2D eigenvalue weighted by Gasteiger charge is -2.32. The highest BCUT2D eigenvalue weighted by atomic mass is 16.5. The van der Waals surface area contributed by atoms with Gasteiger partial charge in [-0.1, -0.05) is 29.8 Å².